The first-order valence-electron chi connectivity index (χ1n) is 9.16. The maximum Gasteiger partial charge on any atom is 0.335 e. The van der Waals surface area contributed by atoms with Gasteiger partial charge in [-0.2, -0.15) is 8.42 Å². The number of aliphatic hydroxyl groups excluding tert-OH is 2. The minimum atomic E-state index is -4.00. The van der Waals surface area contributed by atoms with E-state index in [0.29, 0.717) is 11.3 Å². The Morgan fingerprint density at radius 3 is 1.81 bits per heavy atom. The zero-order valence-electron chi connectivity index (χ0n) is 17.1. The second-order valence-corrected chi connectivity index (χ2v) is 8.11. The highest BCUT2D eigenvalue weighted by Crippen LogP contribution is 2.27. The van der Waals surface area contributed by atoms with Gasteiger partial charge >= 0.3 is 5.97 Å². The number of aliphatic hydroxyl groups is 2. The van der Waals surface area contributed by atoms with Gasteiger partial charge in [-0.1, -0.05) is 36.4 Å². The maximum absolute atomic E-state index is 10.4. The lowest BCUT2D eigenvalue weighted by molar-refractivity contribution is 0.0481. The van der Waals surface area contributed by atoms with Gasteiger partial charge in [-0.25, -0.2) is 4.79 Å². The van der Waals surface area contributed by atoms with E-state index >= 15 is 0 Å². The summed E-state index contributed by atoms with van der Waals surface area (Å²) in [5, 5.41) is 26.9. The van der Waals surface area contributed by atoms with Gasteiger partial charge in [0.1, 0.15) is 5.76 Å². The summed E-state index contributed by atoms with van der Waals surface area (Å²) in [7, 11) is -4.00. The third kappa shape index (κ3) is 8.35. The number of carbonyl (C=O) groups is 1. The summed E-state index contributed by atoms with van der Waals surface area (Å²) in [6.45, 7) is 3.27. The smallest absolute Gasteiger partial charge is 0.335 e. The molecule has 0 saturated carbocycles. The van der Waals surface area contributed by atoms with Gasteiger partial charge in [0.25, 0.3) is 10.1 Å². The van der Waals surface area contributed by atoms with Crippen LogP contribution in [0.1, 0.15) is 30.0 Å². The van der Waals surface area contributed by atoms with Crippen LogP contribution in [0.5, 0.6) is 0 Å². The predicted molar refractivity (Wildman–Crippen MR) is 114 cm³/mol. The summed E-state index contributed by atoms with van der Waals surface area (Å²) in [4.78, 5) is 10.1. The van der Waals surface area contributed by atoms with Gasteiger partial charge in [-0.05, 0) is 50.2 Å². The molecule has 168 valence electrons. The van der Waals surface area contributed by atoms with E-state index in [2.05, 4.69) is 0 Å². The van der Waals surface area contributed by atoms with Crippen molar-refractivity contribution in [2.45, 2.75) is 30.3 Å². The molecule has 0 radical (unpaired) electrons. The van der Waals surface area contributed by atoms with Crippen molar-refractivity contribution in [2.24, 2.45) is 0 Å². The van der Waals surface area contributed by atoms with Crippen molar-refractivity contribution in [3.05, 3.63) is 90.4 Å². The predicted octanol–water partition coefficient (Wildman–Crippen LogP) is 3.23. The fourth-order valence-corrected chi connectivity index (χ4v) is 2.69. The Labute approximate surface area is 181 Å². The molecule has 1 aromatic heterocycles. The molecule has 0 fully saturated rings. The molecule has 0 aliphatic carbocycles. The van der Waals surface area contributed by atoms with Crippen LogP contribution in [0.2, 0.25) is 0 Å². The highest BCUT2D eigenvalue weighted by Gasteiger charge is 2.34. The number of carboxylic acid groups (broad SMARTS) is 1. The number of rotatable bonds is 5. The molecule has 8 nitrogen and oxygen atoms in total. The molecule has 0 aliphatic heterocycles. The molecule has 2 atom stereocenters. The topological polar surface area (TPSA) is 145 Å². The molecule has 9 heteroatoms. The van der Waals surface area contributed by atoms with Crippen LogP contribution in [-0.4, -0.2) is 47.0 Å². The van der Waals surface area contributed by atoms with Crippen molar-refractivity contribution in [3.63, 3.8) is 0 Å². The van der Waals surface area contributed by atoms with E-state index in [1.54, 1.807) is 74.5 Å². The minimum Gasteiger partial charge on any atom is -0.478 e. The van der Waals surface area contributed by atoms with E-state index < -0.39 is 27.6 Å². The number of carboxylic acids is 1. The quantitative estimate of drug-likeness (QED) is 0.434. The van der Waals surface area contributed by atoms with Crippen molar-refractivity contribution in [3.8, 4) is 0 Å². The van der Waals surface area contributed by atoms with E-state index in [4.69, 9.17) is 19.2 Å². The summed E-state index contributed by atoms with van der Waals surface area (Å²) in [5.74, 6) is -0.268. The SMILES string of the molecule is CC(O)C(C)(CO)c1ccco1.O=C(O)c1ccccc1.O=S(=O)(O)c1ccccc1. The van der Waals surface area contributed by atoms with Crippen LogP contribution in [0.4, 0.5) is 0 Å². The lowest BCUT2D eigenvalue weighted by Gasteiger charge is -2.27. The van der Waals surface area contributed by atoms with E-state index in [1.807, 2.05) is 0 Å². The average Bonchev–Trinajstić information content (AvgIpc) is 3.30. The Balaban J connectivity index is 0.000000235. The lowest BCUT2D eigenvalue weighted by atomic mass is 9.83. The normalized spacial score (nSPS) is 13.5. The lowest BCUT2D eigenvalue weighted by Crippen LogP contribution is -2.37. The van der Waals surface area contributed by atoms with Crippen LogP contribution in [0.15, 0.2) is 88.4 Å². The van der Waals surface area contributed by atoms with Crippen LogP contribution in [0.25, 0.3) is 0 Å². The minimum absolute atomic E-state index is 0.0741. The van der Waals surface area contributed by atoms with E-state index in [9.17, 15) is 18.3 Å². The molecule has 0 bridgehead atoms. The Hall–Kier alpha value is -2.98. The van der Waals surface area contributed by atoms with Gasteiger partial charge in [-0.3, -0.25) is 4.55 Å². The number of hydrogen-bond acceptors (Lipinski definition) is 6. The van der Waals surface area contributed by atoms with Crippen molar-refractivity contribution >= 4 is 16.1 Å². The first-order chi connectivity index (χ1) is 14.5. The van der Waals surface area contributed by atoms with Crippen LogP contribution < -0.4 is 0 Å². The molecule has 3 rings (SSSR count). The molecule has 3 aromatic rings. The van der Waals surface area contributed by atoms with Gasteiger partial charge in [0.2, 0.25) is 0 Å². The third-order valence-corrected chi connectivity index (χ3v) is 5.26. The van der Waals surface area contributed by atoms with Crippen LogP contribution in [0.3, 0.4) is 0 Å². The molecular formula is C22H26O8S. The zero-order chi connectivity index (χ0) is 23.5. The molecule has 2 aromatic carbocycles. The molecule has 1 heterocycles. The summed E-state index contributed by atoms with van der Waals surface area (Å²) < 4.78 is 34.4. The largest absolute Gasteiger partial charge is 0.478 e. The Morgan fingerprint density at radius 1 is 1.00 bits per heavy atom. The Bertz CT molecular complexity index is 1000. The van der Waals surface area contributed by atoms with Gasteiger partial charge < -0.3 is 19.7 Å². The average molecular weight is 451 g/mol. The van der Waals surface area contributed by atoms with Gasteiger partial charge in [0.05, 0.1) is 34.8 Å². The second-order valence-electron chi connectivity index (χ2n) is 6.69. The molecule has 0 amide bonds. The first-order valence-corrected chi connectivity index (χ1v) is 10.6. The standard InChI is InChI=1S/C9H14O3.C7H6O2.C6H6O3S/c1-7(11)9(2,6-10)8-4-3-5-12-8;8-7(9)6-4-2-1-3-5-6;7-10(8,9)6-4-2-1-3-5-6/h3-5,7,10-11H,6H2,1-2H3;1-5H,(H,8,9);1-5H,(H,7,8,9). The molecule has 0 saturated heterocycles. The maximum atomic E-state index is 10.4. The number of aromatic carboxylic acids is 1. The number of hydrogen-bond donors (Lipinski definition) is 4. The zero-order valence-corrected chi connectivity index (χ0v) is 17.9. The highest BCUT2D eigenvalue weighted by molar-refractivity contribution is 7.85. The summed E-state index contributed by atoms with van der Waals surface area (Å²) >= 11 is 0. The molecule has 0 aliphatic rings. The van der Waals surface area contributed by atoms with Crippen LogP contribution >= 0.6 is 0 Å². The van der Waals surface area contributed by atoms with Crippen LogP contribution in [0, 0.1) is 0 Å². The third-order valence-electron chi connectivity index (χ3n) is 4.40. The first kappa shape index (κ1) is 26.1. The van der Waals surface area contributed by atoms with Crippen molar-refractivity contribution in [1.82, 2.24) is 0 Å². The Kier molecular flexibility index (Phi) is 10.1. The van der Waals surface area contributed by atoms with E-state index in [0.717, 1.165) is 0 Å². The summed E-state index contributed by atoms with van der Waals surface area (Å²) in [6, 6.07) is 19.2. The van der Waals surface area contributed by atoms with E-state index in [1.165, 1.54) is 18.4 Å². The van der Waals surface area contributed by atoms with Crippen molar-refractivity contribution in [2.75, 3.05) is 6.61 Å². The monoisotopic (exact) mass is 450 g/mol. The van der Waals surface area contributed by atoms with Crippen LogP contribution in [-0.2, 0) is 15.5 Å². The summed E-state index contributed by atoms with van der Waals surface area (Å²) in [6.07, 6.45) is 0.902. The molecule has 2 unspecified atom stereocenters. The Morgan fingerprint density at radius 2 is 1.52 bits per heavy atom. The number of furan rings is 1. The highest BCUT2D eigenvalue weighted by atomic mass is 32.2. The van der Waals surface area contributed by atoms with E-state index in [-0.39, 0.29) is 11.5 Å². The summed E-state index contributed by atoms with van der Waals surface area (Å²) in [5.41, 5.74) is -0.360. The molecule has 0 spiro atoms. The molecule has 31 heavy (non-hydrogen) atoms. The second kappa shape index (κ2) is 12.0. The molecular weight excluding hydrogens is 424 g/mol. The van der Waals surface area contributed by atoms with Gasteiger partial charge in [-0.15, -0.1) is 0 Å². The van der Waals surface area contributed by atoms with Gasteiger partial charge in [0.15, 0.2) is 0 Å². The number of benzene rings is 2. The van der Waals surface area contributed by atoms with Crippen molar-refractivity contribution < 1.29 is 37.5 Å². The van der Waals surface area contributed by atoms with Crippen molar-refractivity contribution in [1.29, 1.82) is 0 Å². The molecule has 4 N–H and O–H groups in total. The van der Waals surface area contributed by atoms with Gasteiger partial charge in [0, 0.05) is 0 Å². The fraction of sp³-hybridized carbons (Fsp3) is 0.227. The fourth-order valence-electron chi connectivity index (χ4n) is 2.19.